The molecule has 1 aliphatic rings. The standard InChI is InChI=1S/C20H17ClN2O3/c1-11-8-12(2)16(13(3)9-11)10-17-18(24)22-20(26)23(19(17)25)15-6-4-14(21)5-7-15/h4-10H,1-3H3,(H,22,24,26)/b17-10+. The molecule has 1 aliphatic heterocycles. The van der Waals surface area contributed by atoms with Gasteiger partial charge in [-0.2, -0.15) is 0 Å². The van der Waals surface area contributed by atoms with E-state index in [0.717, 1.165) is 27.2 Å². The van der Waals surface area contributed by atoms with Crippen molar-refractivity contribution in [2.24, 2.45) is 0 Å². The van der Waals surface area contributed by atoms with Crippen LogP contribution in [0.4, 0.5) is 10.5 Å². The van der Waals surface area contributed by atoms with Gasteiger partial charge in [0.15, 0.2) is 0 Å². The van der Waals surface area contributed by atoms with Gasteiger partial charge in [0.2, 0.25) is 0 Å². The molecule has 5 nitrogen and oxygen atoms in total. The number of aryl methyl sites for hydroxylation is 3. The summed E-state index contributed by atoms with van der Waals surface area (Å²) in [7, 11) is 0. The number of amides is 4. The van der Waals surface area contributed by atoms with E-state index in [0.29, 0.717) is 10.7 Å². The number of urea groups is 1. The van der Waals surface area contributed by atoms with Crippen LogP contribution in [0.5, 0.6) is 0 Å². The summed E-state index contributed by atoms with van der Waals surface area (Å²) >= 11 is 5.86. The maximum Gasteiger partial charge on any atom is 0.335 e. The zero-order chi connectivity index (χ0) is 19.0. The number of imide groups is 2. The first-order valence-electron chi connectivity index (χ1n) is 8.03. The fourth-order valence-electron chi connectivity index (χ4n) is 3.05. The maximum atomic E-state index is 12.9. The fourth-order valence-corrected chi connectivity index (χ4v) is 3.17. The highest BCUT2D eigenvalue weighted by molar-refractivity contribution is 6.39. The van der Waals surface area contributed by atoms with E-state index in [4.69, 9.17) is 11.6 Å². The number of hydrogen-bond acceptors (Lipinski definition) is 3. The number of anilines is 1. The molecule has 2 aromatic rings. The van der Waals surface area contributed by atoms with Gasteiger partial charge in [-0.3, -0.25) is 14.9 Å². The van der Waals surface area contributed by atoms with Crippen LogP contribution in [0, 0.1) is 20.8 Å². The minimum Gasteiger partial charge on any atom is -0.273 e. The normalized spacial score (nSPS) is 16.2. The summed E-state index contributed by atoms with van der Waals surface area (Å²) in [6.07, 6.45) is 1.54. The summed E-state index contributed by atoms with van der Waals surface area (Å²) in [5, 5.41) is 2.70. The lowest BCUT2D eigenvalue weighted by Gasteiger charge is -2.26. The summed E-state index contributed by atoms with van der Waals surface area (Å²) in [6, 6.07) is 9.43. The summed E-state index contributed by atoms with van der Waals surface area (Å²) in [6.45, 7) is 5.82. The Hall–Kier alpha value is -2.92. The summed E-state index contributed by atoms with van der Waals surface area (Å²) in [5.74, 6) is -1.37. The highest BCUT2D eigenvalue weighted by Crippen LogP contribution is 2.25. The molecule has 0 unspecified atom stereocenters. The van der Waals surface area contributed by atoms with Crippen LogP contribution in [0.3, 0.4) is 0 Å². The number of benzene rings is 2. The van der Waals surface area contributed by atoms with Gasteiger partial charge in [-0.05, 0) is 67.8 Å². The second kappa shape index (κ2) is 6.77. The first-order chi connectivity index (χ1) is 12.3. The number of rotatable bonds is 2. The maximum absolute atomic E-state index is 12.9. The van der Waals surface area contributed by atoms with E-state index < -0.39 is 17.8 Å². The first-order valence-corrected chi connectivity index (χ1v) is 8.40. The number of barbiturate groups is 1. The van der Waals surface area contributed by atoms with Gasteiger partial charge < -0.3 is 0 Å². The molecule has 2 aromatic carbocycles. The molecule has 0 bridgehead atoms. The van der Waals surface area contributed by atoms with Crippen molar-refractivity contribution in [3.8, 4) is 0 Å². The van der Waals surface area contributed by atoms with Gasteiger partial charge in [-0.1, -0.05) is 29.3 Å². The third kappa shape index (κ3) is 3.26. The number of nitrogens with zero attached hydrogens (tertiary/aromatic N) is 1. The van der Waals surface area contributed by atoms with Crippen LogP contribution in [-0.2, 0) is 9.59 Å². The Bertz CT molecular complexity index is 939. The molecule has 0 atom stereocenters. The van der Waals surface area contributed by atoms with Crippen molar-refractivity contribution in [3.05, 3.63) is 69.2 Å². The molecule has 132 valence electrons. The number of hydrogen-bond donors (Lipinski definition) is 1. The molecule has 0 saturated carbocycles. The average Bonchev–Trinajstić information content (AvgIpc) is 2.54. The van der Waals surface area contributed by atoms with Crippen molar-refractivity contribution >= 4 is 41.2 Å². The minimum atomic E-state index is -0.781. The number of carbonyl (C=O) groups excluding carboxylic acids is 3. The van der Waals surface area contributed by atoms with Gasteiger partial charge in [-0.25, -0.2) is 9.69 Å². The quantitative estimate of drug-likeness (QED) is 0.645. The smallest absolute Gasteiger partial charge is 0.273 e. The van der Waals surface area contributed by atoms with E-state index in [1.54, 1.807) is 24.3 Å². The molecule has 6 heteroatoms. The van der Waals surface area contributed by atoms with Gasteiger partial charge in [0.05, 0.1) is 5.69 Å². The van der Waals surface area contributed by atoms with Gasteiger partial charge >= 0.3 is 6.03 Å². The van der Waals surface area contributed by atoms with Gasteiger partial charge in [-0.15, -0.1) is 0 Å². The number of carbonyl (C=O) groups is 3. The molecule has 3 rings (SSSR count). The molecule has 0 spiro atoms. The second-order valence-corrected chi connectivity index (χ2v) is 6.68. The van der Waals surface area contributed by atoms with Crippen LogP contribution in [0.25, 0.3) is 6.08 Å². The number of nitrogens with one attached hydrogen (secondary N) is 1. The molecule has 0 aromatic heterocycles. The van der Waals surface area contributed by atoms with E-state index >= 15 is 0 Å². The Morgan fingerprint density at radius 2 is 1.54 bits per heavy atom. The second-order valence-electron chi connectivity index (χ2n) is 6.25. The Kier molecular flexibility index (Phi) is 4.66. The lowest BCUT2D eigenvalue weighted by molar-refractivity contribution is -0.122. The van der Waals surface area contributed by atoms with Gasteiger partial charge in [0.25, 0.3) is 11.8 Å². The highest BCUT2D eigenvalue weighted by Gasteiger charge is 2.36. The highest BCUT2D eigenvalue weighted by atomic mass is 35.5. The molecule has 1 heterocycles. The van der Waals surface area contributed by atoms with E-state index in [-0.39, 0.29) is 5.57 Å². The van der Waals surface area contributed by atoms with Crippen molar-refractivity contribution in [1.29, 1.82) is 0 Å². The average molecular weight is 369 g/mol. The van der Waals surface area contributed by atoms with Crippen molar-refractivity contribution in [3.63, 3.8) is 0 Å². The molecule has 1 fully saturated rings. The minimum absolute atomic E-state index is 0.0883. The van der Waals surface area contributed by atoms with E-state index in [9.17, 15) is 14.4 Å². The van der Waals surface area contributed by atoms with Crippen LogP contribution in [0.15, 0.2) is 42.0 Å². The third-order valence-electron chi connectivity index (χ3n) is 4.21. The predicted octanol–water partition coefficient (Wildman–Crippen LogP) is 3.93. The van der Waals surface area contributed by atoms with Crippen LogP contribution >= 0.6 is 11.6 Å². The largest absolute Gasteiger partial charge is 0.335 e. The van der Waals surface area contributed by atoms with E-state index in [1.807, 2.05) is 32.9 Å². The Labute approximate surface area is 156 Å². The fraction of sp³-hybridized carbons (Fsp3) is 0.150. The Morgan fingerprint density at radius 3 is 2.12 bits per heavy atom. The topological polar surface area (TPSA) is 66.5 Å². The lowest BCUT2D eigenvalue weighted by atomic mass is 9.97. The molecule has 0 aliphatic carbocycles. The predicted molar refractivity (Wildman–Crippen MR) is 101 cm³/mol. The monoisotopic (exact) mass is 368 g/mol. The van der Waals surface area contributed by atoms with Crippen LogP contribution < -0.4 is 10.2 Å². The SMILES string of the molecule is Cc1cc(C)c(/C=C2\C(=O)NC(=O)N(c3ccc(Cl)cc3)C2=O)c(C)c1. The van der Waals surface area contributed by atoms with Crippen molar-refractivity contribution in [2.45, 2.75) is 20.8 Å². The summed E-state index contributed by atoms with van der Waals surface area (Å²) in [4.78, 5) is 38.3. The van der Waals surface area contributed by atoms with Crippen molar-refractivity contribution < 1.29 is 14.4 Å². The molecule has 0 radical (unpaired) electrons. The molecular formula is C20H17ClN2O3. The lowest BCUT2D eigenvalue weighted by Crippen LogP contribution is -2.54. The van der Waals surface area contributed by atoms with Gasteiger partial charge in [0, 0.05) is 5.02 Å². The van der Waals surface area contributed by atoms with Gasteiger partial charge in [0.1, 0.15) is 5.57 Å². The zero-order valence-electron chi connectivity index (χ0n) is 14.6. The van der Waals surface area contributed by atoms with Crippen molar-refractivity contribution in [2.75, 3.05) is 4.90 Å². The summed E-state index contributed by atoms with van der Waals surface area (Å²) < 4.78 is 0. The van der Waals surface area contributed by atoms with E-state index in [1.165, 1.54) is 6.08 Å². The molecular weight excluding hydrogens is 352 g/mol. The molecule has 26 heavy (non-hydrogen) atoms. The van der Waals surface area contributed by atoms with Crippen LogP contribution in [0.2, 0.25) is 5.02 Å². The van der Waals surface area contributed by atoms with Crippen LogP contribution in [0.1, 0.15) is 22.3 Å². The Morgan fingerprint density at radius 1 is 0.962 bits per heavy atom. The first kappa shape index (κ1) is 17.9. The van der Waals surface area contributed by atoms with Crippen molar-refractivity contribution in [1.82, 2.24) is 5.32 Å². The van der Waals surface area contributed by atoms with Crippen LogP contribution in [-0.4, -0.2) is 17.8 Å². The zero-order valence-corrected chi connectivity index (χ0v) is 15.3. The number of halogens is 1. The summed E-state index contributed by atoms with van der Waals surface area (Å²) in [5.41, 5.74) is 4.04. The molecule has 1 N–H and O–H groups in total. The molecule has 4 amide bonds. The molecule has 1 saturated heterocycles. The third-order valence-corrected chi connectivity index (χ3v) is 4.47. The Balaban J connectivity index is 2.07. The van der Waals surface area contributed by atoms with E-state index in [2.05, 4.69) is 5.32 Å².